The van der Waals surface area contributed by atoms with Crippen molar-refractivity contribution >= 4 is 28.5 Å². The van der Waals surface area contributed by atoms with Gasteiger partial charge in [-0.1, -0.05) is 17.3 Å². The molecule has 1 aromatic heterocycles. The van der Waals surface area contributed by atoms with Crippen LogP contribution in [0.25, 0.3) is 11.4 Å². The summed E-state index contributed by atoms with van der Waals surface area (Å²) in [4.78, 5) is 18.1. The second-order valence-electron chi connectivity index (χ2n) is 4.58. The Bertz CT molecular complexity index is 591. The minimum atomic E-state index is 0.119. The minimum absolute atomic E-state index is 0.119. The van der Waals surface area contributed by atoms with E-state index in [1.54, 1.807) is 4.90 Å². The number of nitrogens with zero attached hydrogens (tertiary/aromatic N) is 3. The van der Waals surface area contributed by atoms with E-state index in [9.17, 15) is 4.79 Å². The van der Waals surface area contributed by atoms with Crippen LogP contribution in [-0.2, 0) is 11.2 Å². The number of hydrogen-bond donors (Lipinski definition) is 0. The maximum Gasteiger partial charge on any atom is 0.227 e. The van der Waals surface area contributed by atoms with Crippen LogP contribution < -0.4 is 0 Å². The van der Waals surface area contributed by atoms with Crippen LogP contribution in [0.2, 0.25) is 0 Å². The zero-order valence-electron chi connectivity index (χ0n) is 12.2. The summed E-state index contributed by atoms with van der Waals surface area (Å²) in [7, 11) is 0. The van der Waals surface area contributed by atoms with Crippen molar-refractivity contribution in [1.82, 2.24) is 15.0 Å². The molecule has 0 saturated carbocycles. The maximum absolute atomic E-state index is 11.9. The summed E-state index contributed by atoms with van der Waals surface area (Å²) in [5, 5.41) is 3.97. The van der Waals surface area contributed by atoms with Gasteiger partial charge < -0.3 is 9.42 Å². The van der Waals surface area contributed by atoms with E-state index in [2.05, 4.69) is 32.7 Å². The van der Waals surface area contributed by atoms with Crippen LogP contribution >= 0.6 is 22.6 Å². The molecule has 112 valence electrons. The molecule has 2 rings (SSSR count). The van der Waals surface area contributed by atoms with Crippen LogP contribution in [0.15, 0.2) is 28.8 Å². The zero-order valence-corrected chi connectivity index (χ0v) is 14.3. The highest BCUT2D eigenvalue weighted by atomic mass is 127. The van der Waals surface area contributed by atoms with E-state index in [4.69, 9.17) is 4.52 Å². The van der Waals surface area contributed by atoms with E-state index in [0.29, 0.717) is 24.6 Å². The van der Waals surface area contributed by atoms with Gasteiger partial charge in [-0.3, -0.25) is 4.79 Å². The third-order valence-corrected chi connectivity index (χ3v) is 3.96. The predicted molar refractivity (Wildman–Crippen MR) is 88.7 cm³/mol. The molecule has 0 spiro atoms. The molecule has 0 radical (unpaired) electrons. The number of carbonyl (C=O) groups is 1. The van der Waals surface area contributed by atoms with Crippen molar-refractivity contribution in [3.63, 3.8) is 0 Å². The first kappa shape index (κ1) is 15.9. The number of rotatable bonds is 6. The lowest BCUT2D eigenvalue weighted by Gasteiger charge is -2.17. The van der Waals surface area contributed by atoms with Crippen molar-refractivity contribution in [3.05, 3.63) is 33.7 Å². The van der Waals surface area contributed by atoms with Gasteiger partial charge in [0.25, 0.3) is 0 Å². The molecular weight excluding hydrogens is 381 g/mol. The average Bonchev–Trinajstić information content (AvgIpc) is 2.96. The highest BCUT2D eigenvalue weighted by molar-refractivity contribution is 14.1. The summed E-state index contributed by atoms with van der Waals surface area (Å²) < 4.78 is 6.37. The first-order valence-electron chi connectivity index (χ1n) is 7.00. The highest BCUT2D eigenvalue weighted by Gasteiger charge is 2.13. The van der Waals surface area contributed by atoms with Crippen LogP contribution in [-0.4, -0.2) is 34.0 Å². The summed E-state index contributed by atoms with van der Waals surface area (Å²) in [6.45, 7) is 5.41. The van der Waals surface area contributed by atoms with Crippen LogP contribution in [0.5, 0.6) is 0 Å². The van der Waals surface area contributed by atoms with E-state index in [1.165, 1.54) is 0 Å². The number of aromatic nitrogens is 2. The lowest BCUT2D eigenvalue weighted by atomic mass is 10.2. The van der Waals surface area contributed by atoms with Gasteiger partial charge in [0.15, 0.2) is 0 Å². The molecule has 0 bridgehead atoms. The summed E-state index contributed by atoms with van der Waals surface area (Å²) in [5.41, 5.74) is 0.917. The molecule has 0 N–H and O–H groups in total. The van der Waals surface area contributed by atoms with Gasteiger partial charge in [-0.15, -0.1) is 0 Å². The fourth-order valence-electron chi connectivity index (χ4n) is 2.02. The molecule has 0 unspecified atom stereocenters. The van der Waals surface area contributed by atoms with Crippen molar-refractivity contribution < 1.29 is 9.32 Å². The fourth-order valence-corrected chi connectivity index (χ4v) is 2.38. The quantitative estimate of drug-likeness (QED) is 0.701. The average molecular weight is 399 g/mol. The van der Waals surface area contributed by atoms with E-state index >= 15 is 0 Å². The molecule has 21 heavy (non-hydrogen) atoms. The number of aryl methyl sites for hydroxylation is 1. The number of carbonyl (C=O) groups excluding carboxylic acids is 1. The Labute approximate surface area is 137 Å². The molecule has 1 aromatic carbocycles. The van der Waals surface area contributed by atoms with Gasteiger partial charge in [0.2, 0.25) is 17.6 Å². The molecule has 2 aromatic rings. The lowest BCUT2D eigenvalue weighted by molar-refractivity contribution is -0.130. The van der Waals surface area contributed by atoms with E-state index in [0.717, 1.165) is 22.2 Å². The number of halogens is 1. The molecule has 0 aliphatic carbocycles. The van der Waals surface area contributed by atoms with Gasteiger partial charge in [0.05, 0.1) is 0 Å². The van der Waals surface area contributed by atoms with Gasteiger partial charge in [-0.05, 0) is 48.6 Å². The molecule has 0 aliphatic rings. The van der Waals surface area contributed by atoms with Crippen LogP contribution in [0.3, 0.4) is 0 Å². The Morgan fingerprint density at radius 2 is 1.90 bits per heavy atom. The first-order chi connectivity index (χ1) is 10.1. The molecule has 0 atom stereocenters. The SMILES string of the molecule is CCN(CC)C(=O)CCc1nc(-c2ccc(I)cc2)no1. The first-order valence-corrected chi connectivity index (χ1v) is 8.08. The molecule has 5 nitrogen and oxygen atoms in total. The van der Waals surface area contributed by atoms with Crippen LogP contribution in [0, 0.1) is 3.57 Å². The fraction of sp³-hybridized carbons (Fsp3) is 0.400. The van der Waals surface area contributed by atoms with Crippen LogP contribution in [0.1, 0.15) is 26.2 Å². The van der Waals surface area contributed by atoms with Crippen molar-refractivity contribution in [3.8, 4) is 11.4 Å². The Morgan fingerprint density at radius 3 is 2.52 bits per heavy atom. The third kappa shape index (κ3) is 4.26. The number of amides is 1. The second-order valence-corrected chi connectivity index (χ2v) is 5.83. The molecule has 0 fully saturated rings. The topological polar surface area (TPSA) is 59.2 Å². The normalized spacial score (nSPS) is 10.6. The maximum atomic E-state index is 11.9. The number of hydrogen-bond acceptors (Lipinski definition) is 4. The lowest BCUT2D eigenvalue weighted by Crippen LogP contribution is -2.30. The molecule has 0 saturated heterocycles. The predicted octanol–water partition coefficient (Wildman–Crippen LogP) is 3.14. The molecule has 0 aliphatic heterocycles. The zero-order chi connectivity index (χ0) is 15.2. The van der Waals surface area contributed by atoms with Crippen molar-refractivity contribution in [2.24, 2.45) is 0 Å². The second kappa shape index (κ2) is 7.53. The van der Waals surface area contributed by atoms with Gasteiger partial charge in [-0.2, -0.15) is 4.98 Å². The van der Waals surface area contributed by atoms with Crippen molar-refractivity contribution in [2.75, 3.05) is 13.1 Å². The van der Waals surface area contributed by atoms with Gasteiger partial charge >= 0.3 is 0 Å². The smallest absolute Gasteiger partial charge is 0.227 e. The summed E-state index contributed by atoms with van der Waals surface area (Å²) >= 11 is 2.25. The monoisotopic (exact) mass is 399 g/mol. The Balaban J connectivity index is 1.97. The highest BCUT2D eigenvalue weighted by Crippen LogP contribution is 2.17. The largest absolute Gasteiger partial charge is 0.343 e. The van der Waals surface area contributed by atoms with E-state index in [1.807, 2.05) is 38.1 Å². The van der Waals surface area contributed by atoms with E-state index in [-0.39, 0.29) is 5.91 Å². The summed E-state index contributed by atoms with van der Waals surface area (Å²) in [6.07, 6.45) is 0.878. The molecule has 1 heterocycles. The van der Waals surface area contributed by atoms with Gasteiger partial charge in [0.1, 0.15) is 0 Å². The summed E-state index contributed by atoms with van der Waals surface area (Å²) in [5.74, 6) is 1.19. The Kier molecular flexibility index (Phi) is 5.72. The molecular formula is C15H18IN3O2. The van der Waals surface area contributed by atoms with Crippen LogP contribution in [0.4, 0.5) is 0 Å². The third-order valence-electron chi connectivity index (χ3n) is 3.24. The minimum Gasteiger partial charge on any atom is -0.343 e. The Hall–Kier alpha value is -1.44. The van der Waals surface area contributed by atoms with E-state index < -0.39 is 0 Å². The van der Waals surface area contributed by atoms with Gasteiger partial charge in [-0.25, -0.2) is 0 Å². The van der Waals surface area contributed by atoms with Crippen molar-refractivity contribution in [1.29, 1.82) is 0 Å². The Morgan fingerprint density at radius 1 is 1.24 bits per heavy atom. The number of benzene rings is 1. The molecule has 6 heteroatoms. The standard InChI is InChI=1S/C15H18IN3O2/c1-3-19(4-2)14(20)10-9-13-17-15(18-21-13)11-5-7-12(16)8-6-11/h5-8H,3-4,9-10H2,1-2H3. The van der Waals surface area contributed by atoms with Crippen molar-refractivity contribution in [2.45, 2.75) is 26.7 Å². The summed E-state index contributed by atoms with van der Waals surface area (Å²) in [6, 6.07) is 7.90. The van der Waals surface area contributed by atoms with Gasteiger partial charge in [0, 0.05) is 35.1 Å². The molecule has 1 amide bonds.